The Balaban J connectivity index is 0.763. The fourth-order valence-corrected chi connectivity index (χ4v) is 16.5. The van der Waals surface area contributed by atoms with Crippen molar-refractivity contribution in [3.05, 3.63) is 340 Å². The fraction of sp³-hybridized carbons (Fsp3) is 0. The zero-order chi connectivity index (χ0) is 62.7. The van der Waals surface area contributed by atoms with E-state index < -0.39 is 0 Å². The average molecular weight is 1220 g/mol. The first kappa shape index (κ1) is 52.7. The SMILES string of the molecule is c1ccc(-n2c3ccccc3c3cc(-c4cccc(-n5c6ccccc6c6ccc7c8ccccc8n(-c8cccc(-n9c%10ccccc%10c%10ccc%11c%12ccccc%12n(-c%12cccc(-c%13ccc%14c(c%13)c%13ccccc%13n%14-c%13ccccc%13)c%12)c%11c%109)c8)c7c65)c4)ccc32)cc1. The molecular weight excluding hydrogens is 1170 g/mol. The third kappa shape index (κ3) is 7.52. The summed E-state index contributed by atoms with van der Waals surface area (Å²) in [4.78, 5) is 0. The molecule has 0 atom stereocenters. The number of nitrogens with zero attached hydrogens (tertiary/aromatic N) is 6. The lowest BCUT2D eigenvalue weighted by Gasteiger charge is -2.16. The molecule has 0 aliphatic rings. The molecule has 0 saturated carbocycles. The van der Waals surface area contributed by atoms with Crippen LogP contribution in [0.25, 0.3) is 187 Å². The van der Waals surface area contributed by atoms with Crippen molar-refractivity contribution in [3.63, 3.8) is 0 Å². The van der Waals surface area contributed by atoms with E-state index in [1.54, 1.807) is 0 Å². The lowest BCUT2D eigenvalue weighted by atomic mass is 10.0. The van der Waals surface area contributed by atoms with Crippen LogP contribution in [0.2, 0.25) is 0 Å². The second kappa shape index (κ2) is 20.3. The van der Waals surface area contributed by atoms with Crippen LogP contribution in [0.3, 0.4) is 0 Å². The summed E-state index contributed by atoms with van der Waals surface area (Å²) < 4.78 is 14.9. The molecule has 6 heteroatoms. The van der Waals surface area contributed by atoms with Gasteiger partial charge in [0.25, 0.3) is 0 Å². The van der Waals surface area contributed by atoms with Crippen molar-refractivity contribution in [2.45, 2.75) is 0 Å². The molecule has 96 heavy (non-hydrogen) atoms. The molecule has 446 valence electrons. The molecule has 6 heterocycles. The lowest BCUT2D eigenvalue weighted by Crippen LogP contribution is -2.02. The van der Waals surface area contributed by atoms with Crippen molar-refractivity contribution in [1.29, 1.82) is 0 Å². The number of fused-ring (bicyclic) bond motifs is 20. The summed E-state index contributed by atoms with van der Waals surface area (Å²) in [6, 6.07) is 126. The van der Waals surface area contributed by atoms with E-state index in [1.807, 2.05) is 0 Å². The van der Waals surface area contributed by atoms with Crippen LogP contribution in [0.4, 0.5) is 0 Å². The van der Waals surface area contributed by atoms with Gasteiger partial charge in [0.05, 0.1) is 66.2 Å². The Kier molecular flexibility index (Phi) is 11.1. The monoisotopic (exact) mass is 1220 g/mol. The van der Waals surface area contributed by atoms with Gasteiger partial charge in [0.1, 0.15) is 0 Å². The highest BCUT2D eigenvalue weighted by atomic mass is 15.1. The van der Waals surface area contributed by atoms with Crippen LogP contribution in [0, 0.1) is 0 Å². The zero-order valence-electron chi connectivity index (χ0n) is 52.0. The van der Waals surface area contributed by atoms with Gasteiger partial charge in [0.2, 0.25) is 0 Å². The molecule has 0 unspecified atom stereocenters. The van der Waals surface area contributed by atoms with Crippen LogP contribution >= 0.6 is 0 Å². The molecule has 21 aromatic rings. The molecule has 0 amide bonds. The van der Waals surface area contributed by atoms with E-state index in [0.29, 0.717) is 0 Å². The van der Waals surface area contributed by atoms with Gasteiger partial charge in [-0.3, -0.25) is 0 Å². The maximum Gasteiger partial charge on any atom is 0.0788 e. The van der Waals surface area contributed by atoms with E-state index >= 15 is 0 Å². The molecule has 6 nitrogen and oxygen atoms in total. The van der Waals surface area contributed by atoms with E-state index in [0.717, 1.165) is 89.4 Å². The zero-order valence-corrected chi connectivity index (χ0v) is 52.0. The highest BCUT2D eigenvalue weighted by molar-refractivity contribution is 6.26. The summed E-state index contributed by atoms with van der Waals surface area (Å²) in [6.45, 7) is 0. The maximum atomic E-state index is 2.54. The molecule has 21 rings (SSSR count). The van der Waals surface area contributed by atoms with Gasteiger partial charge >= 0.3 is 0 Å². The standard InChI is InChI=1S/C90H56N6/c1-3-24-61(25-4-1)91-79-38-13-11-36-71(79)77-54-59(44-50-85(77)91)57-22-19-28-63(52-57)93-81-40-15-7-32-67(81)73-46-48-75-69-34-9-17-42-83(69)95(89(75)87(73)93)65-30-21-31-66(56-65)96-84-43-18-10-35-70(84)76-49-47-74-68-33-8-16-41-82(68)94(88(74)90(76)96)64-29-20-23-58(53-64)60-45-51-86-78(55-60)72-37-12-14-39-80(72)92(86)62-26-5-2-6-27-62/h1-56H. The van der Waals surface area contributed by atoms with Gasteiger partial charge in [-0.25, -0.2) is 0 Å². The molecule has 0 spiro atoms. The van der Waals surface area contributed by atoms with Crippen molar-refractivity contribution in [1.82, 2.24) is 27.4 Å². The van der Waals surface area contributed by atoms with Crippen molar-refractivity contribution >= 4 is 131 Å². The number of hydrogen-bond acceptors (Lipinski definition) is 0. The Morgan fingerprint density at radius 2 is 0.365 bits per heavy atom. The smallest absolute Gasteiger partial charge is 0.0788 e. The maximum absolute atomic E-state index is 2.54. The summed E-state index contributed by atoms with van der Waals surface area (Å²) in [7, 11) is 0. The summed E-state index contributed by atoms with van der Waals surface area (Å²) in [6.07, 6.45) is 0. The van der Waals surface area contributed by atoms with Crippen LogP contribution in [-0.2, 0) is 0 Å². The molecular formula is C90H56N6. The summed E-state index contributed by atoms with van der Waals surface area (Å²) in [5.74, 6) is 0. The number of hydrogen-bond donors (Lipinski definition) is 0. The van der Waals surface area contributed by atoms with Crippen molar-refractivity contribution < 1.29 is 0 Å². The quantitative estimate of drug-likeness (QED) is 0.145. The summed E-state index contributed by atoms with van der Waals surface area (Å²) in [5.41, 5.74) is 25.4. The second-order valence-corrected chi connectivity index (χ2v) is 25.6. The molecule has 15 aromatic carbocycles. The highest BCUT2D eigenvalue weighted by Crippen LogP contribution is 2.46. The minimum Gasteiger partial charge on any atom is -0.309 e. The normalized spacial score (nSPS) is 12.2. The Morgan fingerprint density at radius 3 is 0.698 bits per heavy atom. The third-order valence-electron chi connectivity index (χ3n) is 20.5. The Bertz CT molecular complexity index is 6410. The van der Waals surface area contributed by atoms with E-state index in [9.17, 15) is 0 Å². The molecule has 0 bridgehead atoms. The van der Waals surface area contributed by atoms with Gasteiger partial charge in [-0.2, -0.15) is 0 Å². The van der Waals surface area contributed by atoms with E-state index in [2.05, 4.69) is 367 Å². The first-order valence-corrected chi connectivity index (χ1v) is 33.1. The largest absolute Gasteiger partial charge is 0.309 e. The van der Waals surface area contributed by atoms with Crippen molar-refractivity contribution in [2.75, 3.05) is 0 Å². The van der Waals surface area contributed by atoms with Crippen LogP contribution in [0.15, 0.2) is 340 Å². The van der Waals surface area contributed by atoms with E-state index in [4.69, 9.17) is 0 Å². The highest BCUT2D eigenvalue weighted by Gasteiger charge is 2.26. The number of benzene rings is 15. The molecule has 0 radical (unpaired) electrons. The molecule has 0 aliphatic heterocycles. The van der Waals surface area contributed by atoms with Crippen LogP contribution in [0.1, 0.15) is 0 Å². The Hall–Kier alpha value is -12.9. The molecule has 0 aliphatic carbocycles. The van der Waals surface area contributed by atoms with Gasteiger partial charge < -0.3 is 27.4 Å². The number of rotatable bonds is 8. The third-order valence-corrected chi connectivity index (χ3v) is 20.5. The van der Waals surface area contributed by atoms with Crippen LogP contribution in [-0.4, -0.2) is 27.4 Å². The Labute approximate surface area is 551 Å². The van der Waals surface area contributed by atoms with Crippen LogP contribution < -0.4 is 0 Å². The first-order valence-electron chi connectivity index (χ1n) is 33.1. The average Bonchev–Trinajstić information content (AvgIpc) is 1.55. The molecule has 0 N–H and O–H groups in total. The van der Waals surface area contributed by atoms with Gasteiger partial charge in [0.15, 0.2) is 0 Å². The second-order valence-electron chi connectivity index (χ2n) is 25.6. The lowest BCUT2D eigenvalue weighted by molar-refractivity contribution is 1.12. The Morgan fingerprint density at radius 1 is 0.125 bits per heavy atom. The van der Waals surface area contributed by atoms with Crippen molar-refractivity contribution in [2.24, 2.45) is 0 Å². The molecule has 0 saturated heterocycles. The summed E-state index contributed by atoms with van der Waals surface area (Å²) >= 11 is 0. The fourth-order valence-electron chi connectivity index (χ4n) is 16.5. The summed E-state index contributed by atoms with van der Waals surface area (Å²) in [5, 5.41) is 14.6. The van der Waals surface area contributed by atoms with E-state index in [-0.39, 0.29) is 0 Å². The molecule has 0 fully saturated rings. The minimum atomic E-state index is 1.08. The van der Waals surface area contributed by atoms with E-state index in [1.165, 1.54) is 97.8 Å². The number of aromatic nitrogens is 6. The van der Waals surface area contributed by atoms with Gasteiger partial charge in [0, 0.05) is 98.8 Å². The predicted molar refractivity (Wildman–Crippen MR) is 403 cm³/mol. The minimum absolute atomic E-state index is 1.08. The molecule has 6 aromatic heterocycles. The predicted octanol–water partition coefficient (Wildman–Crippen LogP) is 23.6. The van der Waals surface area contributed by atoms with Gasteiger partial charge in [-0.05, 0) is 150 Å². The van der Waals surface area contributed by atoms with Crippen molar-refractivity contribution in [3.8, 4) is 56.4 Å². The van der Waals surface area contributed by atoms with Gasteiger partial charge in [-0.1, -0.05) is 212 Å². The van der Waals surface area contributed by atoms with Gasteiger partial charge in [-0.15, -0.1) is 0 Å². The van der Waals surface area contributed by atoms with Crippen LogP contribution in [0.5, 0.6) is 0 Å². The first-order chi connectivity index (χ1) is 47.7. The topological polar surface area (TPSA) is 29.6 Å². The number of para-hydroxylation sites is 8.